The van der Waals surface area contributed by atoms with Crippen LogP contribution in [0.25, 0.3) is 11.5 Å². The number of hydrogen-bond acceptors (Lipinski definition) is 7. The highest BCUT2D eigenvalue weighted by Gasteiger charge is 2.15. The number of esters is 1. The van der Waals surface area contributed by atoms with Crippen LogP contribution in [-0.2, 0) is 11.3 Å². The van der Waals surface area contributed by atoms with Crippen molar-refractivity contribution in [1.82, 2.24) is 15.2 Å². The number of rotatable bonds is 5. The van der Waals surface area contributed by atoms with Gasteiger partial charge in [-0.05, 0) is 42.7 Å². The number of carbonyl (C=O) groups is 1. The number of ether oxygens (including phenoxy) is 1. The molecule has 0 aliphatic rings. The molecule has 0 aliphatic heterocycles. The molecule has 0 N–H and O–H groups in total. The van der Waals surface area contributed by atoms with Crippen molar-refractivity contribution in [2.24, 2.45) is 0 Å². The van der Waals surface area contributed by atoms with Gasteiger partial charge in [0, 0.05) is 16.2 Å². The summed E-state index contributed by atoms with van der Waals surface area (Å²) in [5.74, 6) is 0.131. The van der Waals surface area contributed by atoms with Crippen molar-refractivity contribution in [3.05, 3.63) is 58.5 Å². The number of benzene rings is 1. The van der Waals surface area contributed by atoms with Crippen molar-refractivity contribution in [3.8, 4) is 11.5 Å². The number of pyridine rings is 1. The quantitative estimate of drug-likeness (QED) is 0.469. The van der Waals surface area contributed by atoms with Crippen molar-refractivity contribution >= 4 is 33.7 Å². The Morgan fingerprint density at radius 2 is 2.04 bits per heavy atom. The molecule has 0 fully saturated rings. The zero-order valence-corrected chi connectivity index (χ0v) is 15.0. The molecule has 24 heavy (non-hydrogen) atoms. The third-order valence-corrected chi connectivity index (χ3v) is 4.31. The second-order valence-corrected chi connectivity index (χ2v) is 6.35. The van der Waals surface area contributed by atoms with E-state index in [9.17, 15) is 4.79 Å². The number of aromatic nitrogens is 3. The lowest BCUT2D eigenvalue weighted by Crippen LogP contribution is -2.07. The largest absolute Gasteiger partial charge is 0.452 e. The fourth-order valence-electron chi connectivity index (χ4n) is 1.93. The molecule has 0 saturated heterocycles. The minimum absolute atomic E-state index is 0.0922. The van der Waals surface area contributed by atoms with E-state index in [1.54, 1.807) is 18.3 Å². The van der Waals surface area contributed by atoms with Crippen molar-refractivity contribution < 1.29 is 13.9 Å². The van der Waals surface area contributed by atoms with E-state index in [2.05, 4.69) is 31.1 Å². The minimum Gasteiger partial charge on any atom is -0.452 e. The van der Waals surface area contributed by atoms with Crippen LogP contribution >= 0.6 is 27.7 Å². The van der Waals surface area contributed by atoms with Crippen LogP contribution in [0.15, 0.2) is 56.5 Å². The van der Waals surface area contributed by atoms with Gasteiger partial charge in [0.1, 0.15) is 5.03 Å². The van der Waals surface area contributed by atoms with Gasteiger partial charge >= 0.3 is 5.97 Å². The number of thioether (sulfide) groups is 1. The molecule has 0 aliphatic carbocycles. The Bertz CT molecular complexity index is 852. The van der Waals surface area contributed by atoms with E-state index in [1.165, 1.54) is 11.8 Å². The van der Waals surface area contributed by atoms with Gasteiger partial charge in [-0.1, -0.05) is 15.9 Å². The normalized spacial score (nSPS) is 10.6. The highest BCUT2D eigenvalue weighted by atomic mass is 79.9. The SMILES string of the molecule is CSc1ncccc1C(=O)OCc1nnc(-c2ccc(Br)cc2)o1. The molecule has 0 bridgehead atoms. The van der Waals surface area contributed by atoms with E-state index >= 15 is 0 Å². The number of nitrogens with zero attached hydrogens (tertiary/aromatic N) is 3. The lowest BCUT2D eigenvalue weighted by atomic mass is 10.2. The van der Waals surface area contributed by atoms with E-state index in [0.717, 1.165) is 10.0 Å². The van der Waals surface area contributed by atoms with Gasteiger partial charge < -0.3 is 9.15 Å². The van der Waals surface area contributed by atoms with Crippen LogP contribution in [0.3, 0.4) is 0 Å². The van der Waals surface area contributed by atoms with E-state index in [-0.39, 0.29) is 12.5 Å². The zero-order valence-electron chi connectivity index (χ0n) is 12.6. The third-order valence-electron chi connectivity index (χ3n) is 3.07. The molecule has 122 valence electrons. The average Bonchev–Trinajstić information content (AvgIpc) is 3.09. The molecule has 8 heteroatoms. The topological polar surface area (TPSA) is 78.1 Å². The molecular formula is C16H12BrN3O3S. The summed E-state index contributed by atoms with van der Waals surface area (Å²) in [5.41, 5.74) is 1.21. The average molecular weight is 406 g/mol. The number of halogens is 1. The summed E-state index contributed by atoms with van der Waals surface area (Å²) in [4.78, 5) is 16.3. The Kier molecular flexibility index (Phi) is 5.27. The van der Waals surface area contributed by atoms with Crippen molar-refractivity contribution in [1.29, 1.82) is 0 Å². The van der Waals surface area contributed by atoms with Crippen LogP contribution < -0.4 is 0 Å². The summed E-state index contributed by atoms with van der Waals surface area (Å²) in [6, 6.07) is 10.8. The molecule has 3 rings (SSSR count). The smallest absolute Gasteiger partial charge is 0.341 e. The van der Waals surface area contributed by atoms with E-state index in [0.29, 0.717) is 16.5 Å². The Morgan fingerprint density at radius 1 is 1.25 bits per heavy atom. The fourth-order valence-corrected chi connectivity index (χ4v) is 2.74. The highest BCUT2D eigenvalue weighted by molar-refractivity contribution is 9.10. The van der Waals surface area contributed by atoms with Crippen LogP contribution in [0.2, 0.25) is 0 Å². The molecule has 0 amide bonds. The maximum atomic E-state index is 12.1. The molecule has 0 atom stereocenters. The summed E-state index contributed by atoms with van der Waals surface area (Å²) in [6.07, 6.45) is 3.48. The summed E-state index contributed by atoms with van der Waals surface area (Å²) in [6.45, 7) is -0.0922. The Morgan fingerprint density at radius 3 is 2.79 bits per heavy atom. The molecule has 0 spiro atoms. The van der Waals surface area contributed by atoms with E-state index in [1.807, 2.05) is 30.5 Å². The highest BCUT2D eigenvalue weighted by Crippen LogP contribution is 2.21. The maximum absolute atomic E-state index is 12.1. The van der Waals surface area contributed by atoms with Gasteiger partial charge in [-0.2, -0.15) is 0 Å². The first-order valence-electron chi connectivity index (χ1n) is 6.92. The molecule has 2 aromatic heterocycles. The van der Waals surface area contributed by atoms with Crippen LogP contribution in [0.5, 0.6) is 0 Å². The van der Waals surface area contributed by atoms with Crippen molar-refractivity contribution in [2.75, 3.05) is 6.26 Å². The lowest BCUT2D eigenvalue weighted by molar-refractivity contribution is 0.0433. The summed E-state index contributed by atoms with van der Waals surface area (Å²) >= 11 is 4.75. The molecule has 3 aromatic rings. The predicted octanol–water partition coefficient (Wildman–Crippen LogP) is 3.97. The molecular weight excluding hydrogens is 394 g/mol. The maximum Gasteiger partial charge on any atom is 0.341 e. The second kappa shape index (κ2) is 7.59. The van der Waals surface area contributed by atoms with Crippen LogP contribution in [0.1, 0.15) is 16.2 Å². The fraction of sp³-hybridized carbons (Fsp3) is 0.125. The van der Waals surface area contributed by atoms with E-state index < -0.39 is 5.97 Å². The van der Waals surface area contributed by atoms with Gasteiger partial charge in [-0.3, -0.25) is 0 Å². The first-order chi connectivity index (χ1) is 11.7. The first-order valence-corrected chi connectivity index (χ1v) is 8.93. The lowest BCUT2D eigenvalue weighted by Gasteiger charge is -2.05. The number of carbonyl (C=O) groups excluding carboxylic acids is 1. The van der Waals surface area contributed by atoms with E-state index in [4.69, 9.17) is 9.15 Å². The van der Waals surface area contributed by atoms with Crippen LogP contribution in [0, 0.1) is 0 Å². The van der Waals surface area contributed by atoms with Gasteiger partial charge in [0.25, 0.3) is 5.89 Å². The standard InChI is InChI=1S/C16H12BrN3O3S/c1-24-15-12(3-2-8-18-15)16(21)22-9-13-19-20-14(23-13)10-4-6-11(17)7-5-10/h2-8H,9H2,1H3. The van der Waals surface area contributed by atoms with Crippen LogP contribution in [0.4, 0.5) is 0 Å². The molecule has 1 aromatic carbocycles. The van der Waals surface area contributed by atoms with Gasteiger partial charge in [0.05, 0.1) is 5.56 Å². The Hall–Kier alpha value is -2.19. The van der Waals surface area contributed by atoms with Gasteiger partial charge in [-0.25, -0.2) is 9.78 Å². The monoisotopic (exact) mass is 405 g/mol. The molecule has 6 nitrogen and oxygen atoms in total. The second-order valence-electron chi connectivity index (χ2n) is 4.64. The molecule has 0 radical (unpaired) electrons. The van der Waals surface area contributed by atoms with Crippen molar-refractivity contribution in [3.63, 3.8) is 0 Å². The summed E-state index contributed by atoms with van der Waals surface area (Å²) < 4.78 is 11.7. The van der Waals surface area contributed by atoms with Gasteiger partial charge in [0.2, 0.25) is 5.89 Å². The molecule has 2 heterocycles. The summed E-state index contributed by atoms with van der Waals surface area (Å²) in [5, 5.41) is 8.47. The Balaban J connectivity index is 1.67. The summed E-state index contributed by atoms with van der Waals surface area (Å²) in [7, 11) is 0. The van der Waals surface area contributed by atoms with Crippen LogP contribution in [-0.4, -0.2) is 27.4 Å². The zero-order chi connectivity index (χ0) is 16.9. The minimum atomic E-state index is -0.476. The first kappa shape index (κ1) is 16.7. The van der Waals surface area contributed by atoms with Crippen molar-refractivity contribution in [2.45, 2.75) is 11.6 Å². The Labute approximate surface area is 150 Å². The van der Waals surface area contributed by atoms with Gasteiger partial charge in [0.15, 0.2) is 6.61 Å². The molecule has 0 unspecified atom stereocenters. The number of hydrogen-bond donors (Lipinski definition) is 0. The molecule has 0 saturated carbocycles. The van der Waals surface area contributed by atoms with Gasteiger partial charge in [-0.15, -0.1) is 22.0 Å². The predicted molar refractivity (Wildman–Crippen MR) is 92.6 cm³/mol. The third kappa shape index (κ3) is 3.82.